The molecule has 0 bridgehead atoms. The average Bonchev–Trinajstić information content (AvgIpc) is 2.35. The second-order valence-corrected chi connectivity index (χ2v) is 3.99. The molecule has 0 radical (unpaired) electrons. The second kappa shape index (κ2) is 4.99. The second-order valence-electron chi connectivity index (χ2n) is 3.99. The molecule has 0 aliphatic carbocycles. The lowest BCUT2D eigenvalue weighted by Gasteiger charge is -2.12. The number of nitrogens with one attached hydrogen (secondary N) is 1. The summed E-state index contributed by atoms with van der Waals surface area (Å²) in [6, 6.07) is 14.8. The molecule has 1 unspecified atom stereocenters. The molecule has 0 saturated heterocycles. The van der Waals surface area contributed by atoms with Crippen LogP contribution in [-0.2, 0) is 4.74 Å². The van der Waals surface area contributed by atoms with Crippen LogP contribution in [0.25, 0.3) is 10.8 Å². The quantitative estimate of drug-likeness (QED) is 0.845. The van der Waals surface area contributed by atoms with Crippen LogP contribution in [0.2, 0.25) is 0 Å². The van der Waals surface area contributed by atoms with E-state index in [1.165, 1.54) is 10.8 Å². The highest BCUT2D eigenvalue weighted by atomic mass is 16.5. The summed E-state index contributed by atoms with van der Waals surface area (Å²) < 4.78 is 5.20. The van der Waals surface area contributed by atoms with Gasteiger partial charge in [-0.05, 0) is 29.8 Å². The molecule has 0 aliphatic heterocycles. The molecule has 1 atom stereocenters. The molecule has 0 aliphatic rings. The van der Waals surface area contributed by atoms with Gasteiger partial charge in [-0.25, -0.2) is 0 Å². The maximum Gasteiger partial charge on any atom is 0.0715 e. The van der Waals surface area contributed by atoms with Gasteiger partial charge in [-0.2, -0.15) is 0 Å². The molecule has 2 heteroatoms. The fourth-order valence-corrected chi connectivity index (χ4v) is 1.64. The summed E-state index contributed by atoms with van der Waals surface area (Å²) in [5.74, 6) is 0. The van der Waals surface area contributed by atoms with Crippen LogP contribution in [0.4, 0.5) is 5.69 Å². The molecule has 2 aromatic carbocycles. The molecule has 0 heterocycles. The van der Waals surface area contributed by atoms with Crippen LogP contribution in [0.15, 0.2) is 42.5 Å². The van der Waals surface area contributed by atoms with Crippen molar-refractivity contribution in [3.05, 3.63) is 42.5 Å². The number of ether oxygens (including phenoxy) is 1. The van der Waals surface area contributed by atoms with E-state index in [4.69, 9.17) is 4.74 Å². The number of hydrogen-bond acceptors (Lipinski definition) is 2. The first-order chi connectivity index (χ1) is 7.79. The number of benzene rings is 2. The topological polar surface area (TPSA) is 21.3 Å². The third-order valence-corrected chi connectivity index (χ3v) is 2.75. The standard InChI is InChI=1S/C14H17NO/c1-11(16-2)10-15-14-8-7-12-5-3-4-6-13(12)9-14/h3-9,11,15H,10H2,1-2H3. The van der Waals surface area contributed by atoms with Crippen LogP contribution in [0.1, 0.15) is 6.92 Å². The monoisotopic (exact) mass is 215 g/mol. The first kappa shape index (κ1) is 11.0. The van der Waals surface area contributed by atoms with E-state index in [0.29, 0.717) is 0 Å². The molecular weight excluding hydrogens is 198 g/mol. The van der Waals surface area contributed by atoms with Gasteiger partial charge in [0, 0.05) is 19.3 Å². The lowest BCUT2D eigenvalue weighted by Crippen LogP contribution is -2.17. The summed E-state index contributed by atoms with van der Waals surface area (Å²) in [6.45, 7) is 2.88. The summed E-state index contributed by atoms with van der Waals surface area (Å²) in [4.78, 5) is 0. The van der Waals surface area contributed by atoms with Gasteiger partial charge in [-0.3, -0.25) is 0 Å². The molecule has 1 N–H and O–H groups in total. The minimum Gasteiger partial charge on any atom is -0.382 e. The largest absolute Gasteiger partial charge is 0.382 e. The van der Waals surface area contributed by atoms with Crippen molar-refractivity contribution in [1.82, 2.24) is 0 Å². The van der Waals surface area contributed by atoms with E-state index in [1.54, 1.807) is 7.11 Å². The fourth-order valence-electron chi connectivity index (χ4n) is 1.64. The molecular formula is C14H17NO. The third-order valence-electron chi connectivity index (χ3n) is 2.75. The molecule has 0 aromatic heterocycles. The number of rotatable bonds is 4. The Morgan fingerprint density at radius 3 is 2.62 bits per heavy atom. The van der Waals surface area contributed by atoms with Crippen molar-refractivity contribution >= 4 is 16.5 Å². The van der Waals surface area contributed by atoms with E-state index in [0.717, 1.165) is 12.2 Å². The third kappa shape index (κ3) is 2.52. The smallest absolute Gasteiger partial charge is 0.0715 e. The highest BCUT2D eigenvalue weighted by Crippen LogP contribution is 2.18. The highest BCUT2D eigenvalue weighted by molar-refractivity contribution is 5.85. The normalized spacial score (nSPS) is 12.6. The maximum atomic E-state index is 5.20. The summed E-state index contributed by atoms with van der Waals surface area (Å²) in [7, 11) is 1.73. The zero-order valence-electron chi connectivity index (χ0n) is 9.73. The van der Waals surface area contributed by atoms with Crippen LogP contribution >= 0.6 is 0 Å². The Balaban J connectivity index is 2.13. The first-order valence-corrected chi connectivity index (χ1v) is 5.55. The van der Waals surface area contributed by atoms with Gasteiger partial charge in [0.2, 0.25) is 0 Å². The summed E-state index contributed by atoms with van der Waals surface area (Å²) in [6.07, 6.45) is 0.228. The lowest BCUT2D eigenvalue weighted by atomic mass is 10.1. The zero-order valence-corrected chi connectivity index (χ0v) is 9.73. The summed E-state index contributed by atoms with van der Waals surface area (Å²) >= 11 is 0. The number of hydrogen-bond donors (Lipinski definition) is 1. The molecule has 0 saturated carbocycles. The van der Waals surface area contributed by atoms with E-state index in [9.17, 15) is 0 Å². The van der Waals surface area contributed by atoms with Crippen molar-refractivity contribution in [1.29, 1.82) is 0 Å². The Bertz CT molecular complexity index is 467. The van der Waals surface area contributed by atoms with Crippen molar-refractivity contribution < 1.29 is 4.74 Å². The van der Waals surface area contributed by atoms with E-state index >= 15 is 0 Å². The number of methoxy groups -OCH3 is 1. The molecule has 0 amide bonds. The van der Waals surface area contributed by atoms with Gasteiger partial charge < -0.3 is 10.1 Å². The van der Waals surface area contributed by atoms with Crippen molar-refractivity contribution in [2.24, 2.45) is 0 Å². The predicted molar refractivity (Wildman–Crippen MR) is 68.9 cm³/mol. The van der Waals surface area contributed by atoms with Crippen molar-refractivity contribution in [3.63, 3.8) is 0 Å². The van der Waals surface area contributed by atoms with Gasteiger partial charge in [-0.15, -0.1) is 0 Å². The molecule has 2 nitrogen and oxygen atoms in total. The Hall–Kier alpha value is -1.54. The van der Waals surface area contributed by atoms with Gasteiger partial charge in [-0.1, -0.05) is 30.3 Å². The minimum absolute atomic E-state index is 0.228. The van der Waals surface area contributed by atoms with Gasteiger partial charge in [0.15, 0.2) is 0 Å². The van der Waals surface area contributed by atoms with Gasteiger partial charge in [0.05, 0.1) is 6.10 Å². The maximum absolute atomic E-state index is 5.20. The van der Waals surface area contributed by atoms with Crippen LogP contribution in [0.5, 0.6) is 0 Å². The van der Waals surface area contributed by atoms with E-state index in [-0.39, 0.29) is 6.10 Å². The van der Waals surface area contributed by atoms with Crippen molar-refractivity contribution in [2.45, 2.75) is 13.0 Å². The van der Waals surface area contributed by atoms with Crippen molar-refractivity contribution in [2.75, 3.05) is 19.0 Å². The molecule has 84 valence electrons. The number of anilines is 1. The van der Waals surface area contributed by atoms with Crippen LogP contribution in [0.3, 0.4) is 0 Å². The first-order valence-electron chi connectivity index (χ1n) is 5.55. The Kier molecular flexibility index (Phi) is 3.42. The van der Waals surface area contributed by atoms with Crippen LogP contribution in [-0.4, -0.2) is 19.8 Å². The molecule has 0 fully saturated rings. The Morgan fingerprint density at radius 1 is 1.12 bits per heavy atom. The average molecular weight is 215 g/mol. The fraction of sp³-hybridized carbons (Fsp3) is 0.286. The predicted octanol–water partition coefficient (Wildman–Crippen LogP) is 3.29. The molecule has 2 aromatic rings. The molecule has 16 heavy (non-hydrogen) atoms. The molecule has 0 spiro atoms. The van der Waals surface area contributed by atoms with E-state index < -0.39 is 0 Å². The van der Waals surface area contributed by atoms with Gasteiger partial charge in [0.1, 0.15) is 0 Å². The van der Waals surface area contributed by atoms with E-state index in [2.05, 4.69) is 47.8 Å². The van der Waals surface area contributed by atoms with Gasteiger partial charge in [0.25, 0.3) is 0 Å². The van der Waals surface area contributed by atoms with Gasteiger partial charge >= 0.3 is 0 Å². The summed E-state index contributed by atoms with van der Waals surface area (Å²) in [5.41, 5.74) is 1.14. The lowest BCUT2D eigenvalue weighted by molar-refractivity contribution is 0.129. The zero-order chi connectivity index (χ0) is 11.4. The van der Waals surface area contributed by atoms with Crippen LogP contribution < -0.4 is 5.32 Å². The molecule has 2 rings (SSSR count). The Labute approximate surface area is 96.2 Å². The van der Waals surface area contributed by atoms with Crippen LogP contribution in [0, 0.1) is 0 Å². The summed E-state index contributed by atoms with van der Waals surface area (Å²) in [5, 5.41) is 5.90. The van der Waals surface area contributed by atoms with E-state index in [1.807, 2.05) is 6.92 Å². The highest BCUT2D eigenvalue weighted by Gasteiger charge is 1.99. The minimum atomic E-state index is 0.228. The number of fused-ring (bicyclic) bond motifs is 1. The van der Waals surface area contributed by atoms with Crippen molar-refractivity contribution in [3.8, 4) is 0 Å². The Morgan fingerprint density at radius 2 is 1.88 bits per heavy atom. The SMILES string of the molecule is COC(C)CNc1ccc2ccccc2c1.